The molecule has 0 saturated heterocycles. The highest BCUT2D eigenvalue weighted by molar-refractivity contribution is 8.00. The van der Waals surface area contributed by atoms with Crippen LogP contribution in [0.2, 0.25) is 0 Å². The van der Waals surface area contributed by atoms with Gasteiger partial charge in [-0.25, -0.2) is 0 Å². The summed E-state index contributed by atoms with van der Waals surface area (Å²) < 4.78 is 0. The van der Waals surface area contributed by atoms with E-state index in [-0.39, 0.29) is 17.0 Å². The minimum atomic E-state index is -0.283. The summed E-state index contributed by atoms with van der Waals surface area (Å²) in [7, 11) is 0. The molecular weight excluding hydrogens is 248 g/mol. The third kappa shape index (κ3) is 4.76. The van der Waals surface area contributed by atoms with Gasteiger partial charge in [0, 0.05) is 0 Å². The van der Waals surface area contributed by atoms with Gasteiger partial charge < -0.3 is 15.9 Å². The highest BCUT2D eigenvalue weighted by atomic mass is 32.2. The van der Waals surface area contributed by atoms with Crippen LogP contribution in [-0.2, 0) is 0 Å². The number of hydrogen-bond donors (Lipinski definition) is 4. The van der Waals surface area contributed by atoms with Crippen molar-refractivity contribution in [3.05, 3.63) is 17.7 Å². The van der Waals surface area contributed by atoms with Gasteiger partial charge in [0.1, 0.15) is 5.50 Å². The molecule has 0 aliphatic heterocycles. The normalized spacial score (nSPS) is 12.6. The van der Waals surface area contributed by atoms with Crippen LogP contribution in [0.15, 0.2) is 17.0 Å². The van der Waals surface area contributed by atoms with E-state index in [0.717, 1.165) is 18.5 Å². The molecule has 4 nitrogen and oxygen atoms in total. The fourth-order valence-corrected chi connectivity index (χ4v) is 2.56. The van der Waals surface area contributed by atoms with Crippen LogP contribution >= 0.6 is 11.8 Å². The zero-order valence-corrected chi connectivity index (χ0v) is 11.8. The molecule has 1 unspecified atom stereocenters. The Morgan fingerprint density at radius 3 is 2.72 bits per heavy atom. The number of unbranched alkanes of at least 4 members (excludes halogenated alkanes) is 2. The van der Waals surface area contributed by atoms with Gasteiger partial charge in [-0.05, 0) is 37.6 Å². The Balaban J connectivity index is 2.51. The van der Waals surface area contributed by atoms with Gasteiger partial charge in [-0.2, -0.15) is 0 Å². The van der Waals surface area contributed by atoms with E-state index in [1.165, 1.54) is 30.7 Å². The van der Waals surface area contributed by atoms with Crippen LogP contribution in [-0.4, -0.2) is 22.3 Å². The van der Waals surface area contributed by atoms with Crippen LogP contribution < -0.4 is 11.1 Å². The molecule has 0 aliphatic rings. The smallest absolute Gasteiger partial charge is 0.171 e. The molecule has 1 atom stereocenters. The molecule has 18 heavy (non-hydrogen) atoms. The minimum absolute atomic E-state index is 0.101. The lowest BCUT2D eigenvalue weighted by Gasteiger charge is -2.15. The molecule has 0 amide bonds. The molecule has 1 aromatic rings. The summed E-state index contributed by atoms with van der Waals surface area (Å²) in [6.07, 6.45) is 3.45. The van der Waals surface area contributed by atoms with Gasteiger partial charge in [-0.1, -0.05) is 31.5 Å². The summed E-state index contributed by atoms with van der Waals surface area (Å²) in [4.78, 5) is 0.600. The van der Waals surface area contributed by atoms with Crippen molar-refractivity contribution in [2.45, 2.75) is 43.5 Å². The fraction of sp³-hybridized carbons (Fsp3) is 0.538. The molecule has 1 rings (SSSR count). The second-order valence-electron chi connectivity index (χ2n) is 4.33. The van der Waals surface area contributed by atoms with Crippen molar-refractivity contribution in [1.82, 2.24) is 5.32 Å². The Hall–Kier alpha value is -0.910. The zero-order valence-electron chi connectivity index (χ0n) is 10.9. The van der Waals surface area contributed by atoms with Gasteiger partial charge >= 0.3 is 0 Å². The minimum Gasteiger partial charge on any atom is -0.504 e. The average molecular weight is 270 g/mol. The van der Waals surface area contributed by atoms with Gasteiger partial charge in [0.15, 0.2) is 11.5 Å². The molecule has 0 aliphatic carbocycles. The molecule has 0 radical (unpaired) electrons. The Kier molecular flexibility index (Phi) is 6.32. The van der Waals surface area contributed by atoms with Crippen molar-refractivity contribution in [2.24, 2.45) is 5.73 Å². The summed E-state index contributed by atoms with van der Waals surface area (Å²) in [5.74, 6) is -0.202. The summed E-state index contributed by atoms with van der Waals surface area (Å²) >= 11 is 1.31. The van der Waals surface area contributed by atoms with Gasteiger partial charge in [0.05, 0.1) is 4.90 Å². The highest BCUT2D eigenvalue weighted by Crippen LogP contribution is 2.37. The van der Waals surface area contributed by atoms with E-state index in [0.29, 0.717) is 4.90 Å². The van der Waals surface area contributed by atoms with E-state index in [4.69, 9.17) is 5.73 Å². The van der Waals surface area contributed by atoms with Crippen molar-refractivity contribution in [2.75, 3.05) is 6.54 Å². The summed E-state index contributed by atoms with van der Waals surface area (Å²) in [5.41, 5.74) is 6.53. The first-order valence-electron chi connectivity index (χ1n) is 6.22. The van der Waals surface area contributed by atoms with Crippen molar-refractivity contribution in [3.63, 3.8) is 0 Å². The molecule has 5 heteroatoms. The van der Waals surface area contributed by atoms with Gasteiger partial charge in [0.25, 0.3) is 0 Å². The van der Waals surface area contributed by atoms with E-state index in [1.807, 2.05) is 13.0 Å². The molecule has 102 valence electrons. The largest absolute Gasteiger partial charge is 0.504 e. The number of hydrogen-bond acceptors (Lipinski definition) is 5. The maximum absolute atomic E-state index is 9.73. The molecule has 5 N–H and O–H groups in total. The summed E-state index contributed by atoms with van der Waals surface area (Å²) in [5, 5.41) is 22.4. The molecule has 0 fully saturated rings. The van der Waals surface area contributed by atoms with E-state index >= 15 is 0 Å². The quantitative estimate of drug-likeness (QED) is 0.265. The number of aryl methyl sites for hydroxylation is 1. The molecular formula is C13H22N2O2S. The molecule has 0 saturated carbocycles. The van der Waals surface area contributed by atoms with Crippen molar-refractivity contribution in [3.8, 4) is 11.5 Å². The zero-order chi connectivity index (χ0) is 13.5. The Bertz CT molecular complexity index is 385. The lowest BCUT2D eigenvalue weighted by Crippen LogP contribution is -2.34. The lowest BCUT2D eigenvalue weighted by molar-refractivity contribution is 0.394. The molecule has 0 spiro atoms. The first-order valence-corrected chi connectivity index (χ1v) is 7.10. The number of nitrogens with two attached hydrogens (primary N) is 1. The van der Waals surface area contributed by atoms with Crippen LogP contribution in [0.5, 0.6) is 11.5 Å². The number of phenols is 2. The van der Waals surface area contributed by atoms with E-state index in [2.05, 4.69) is 12.2 Å². The number of nitrogens with one attached hydrogen (secondary N) is 1. The maximum Gasteiger partial charge on any atom is 0.171 e. The number of phenolic OH excluding ortho intramolecular Hbond substituents is 2. The van der Waals surface area contributed by atoms with Crippen LogP contribution in [0.25, 0.3) is 0 Å². The number of aromatic hydroxyl groups is 2. The Morgan fingerprint density at radius 1 is 1.33 bits per heavy atom. The summed E-state index contributed by atoms with van der Waals surface area (Å²) in [6, 6.07) is 3.34. The third-order valence-electron chi connectivity index (χ3n) is 2.58. The maximum atomic E-state index is 9.73. The first-order chi connectivity index (χ1) is 8.54. The Labute approximate surface area is 113 Å². The predicted octanol–water partition coefficient (Wildman–Crippen LogP) is 2.52. The molecule has 1 aromatic carbocycles. The van der Waals surface area contributed by atoms with Crippen molar-refractivity contribution >= 4 is 11.8 Å². The third-order valence-corrected chi connectivity index (χ3v) is 3.56. The number of thioether (sulfide) groups is 1. The van der Waals surface area contributed by atoms with Gasteiger partial charge in [-0.3, -0.25) is 5.32 Å². The van der Waals surface area contributed by atoms with E-state index < -0.39 is 0 Å². The van der Waals surface area contributed by atoms with Gasteiger partial charge in [-0.15, -0.1) is 0 Å². The van der Waals surface area contributed by atoms with E-state index in [1.54, 1.807) is 0 Å². The SMILES string of the molecule is CCCCCNC(N)Sc1cc(C)cc(O)c1O. The number of rotatable bonds is 7. The standard InChI is InChI=1S/C13H22N2O2S/c1-3-4-5-6-15-13(14)18-11-8-9(2)7-10(16)12(11)17/h7-8,13,15-17H,3-6,14H2,1-2H3. The van der Waals surface area contributed by atoms with Crippen LogP contribution in [0.3, 0.4) is 0 Å². The molecule has 0 aromatic heterocycles. The predicted molar refractivity (Wildman–Crippen MR) is 75.9 cm³/mol. The highest BCUT2D eigenvalue weighted by Gasteiger charge is 2.11. The second kappa shape index (κ2) is 7.51. The van der Waals surface area contributed by atoms with Crippen LogP contribution in [0.1, 0.15) is 31.7 Å². The van der Waals surface area contributed by atoms with Crippen LogP contribution in [0.4, 0.5) is 0 Å². The van der Waals surface area contributed by atoms with E-state index in [9.17, 15) is 10.2 Å². The van der Waals surface area contributed by atoms with Gasteiger partial charge in [0.2, 0.25) is 0 Å². The van der Waals surface area contributed by atoms with Crippen LogP contribution in [0, 0.1) is 6.92 Å². The lowest BCUT2D eigenvalue weighted by atomic mass is 10.2. The van der Waals surface area contributed by atoms with Crippen molar-refractivity contribution in [1.29, 1.82) is 0 Å². The topological polar surface area (TPSA) is 78.5 Å². The monoisotopic (exact) mass is 270 g/mol. The first kappa shape index (κ1) is 15.1. The Morgan fingerprint density at radius 2 is 2.06 bits per heavy atom. The number of benzene rings is 1. The second-order valence-corrected chi connectivity index (χ2v) is 5.51. The molecule has 0 bridgehead atoms. The summed E-state index contributed by atoms with van der Waals surface area (Å²) in [6.45, 7) is 4.88. The molecule has 0 heterocycles. The fourth-order valence-electron chi connectivity index (χ4n) is 1.61. The van der Waals surface area contributed by atoms with Crippen molar-refractivity contribution < 1.29 is 10.2 Å². The average Bonchev–Trinajstić information content (AvgIpc) is 2.31.